The summed E-state index contributed by atoms with van der Waals surface area (Å²) >= 11 is 5.38. The van der Waals surface area contributed by atoms with Crippen molar-refractivity contribution < 1.29 is 10.2 Å². The molecule has 0 bridgehead atoms. The molecule has 3 N–H and O–H groups in total. The van der Waals surface area contributed by atoms with Crippen LogP contribution in [-0.4, -0.2) is 30.0 Å². The first-order valence-electron chi connectivity index (χ1n) is 7.19. The monoisotopic (exact) mass is 336 g/mol. The zero-order chi connectivity index (χ0) is 16.7. The third-order valence-corrected chi connectivity index (χ3v) is 4.03. The lowest BCUT2D eigenvalue weighted by atomic mass is 10.1. The second-order valence-corrected chi connectivity index (χ2v) is 5.62. The number of benzene rings is 2. The summed E-state index contributed by atoms with van der Waals surface area (Å²) in [5.41, 5.74) is 2.10. The molecule has 4 rings (SSSR count). The number of nitrogens with one attached hydrogen (secondary N) is 1. The Morgan fingerprint density at radius 3 is 2.75 bits per heavy atom. The number of phenolic OH excluding ortho intramolecular Hbond substituents is 2. The number of aromatic amines is 1. The van der Waals surface area contributed by atoms with Gasteiger partial charge in [-0.3, -0.25) is 14.6 Å². The minimum Gasteiger partial charge on any atom is -0.508 e. The molecule has 6 nitrogen and oxygen atoms in total. The molecule has 2 aromatic heterocycles. The molecule has 0 aliphatic rings. The Bertz CT molecular complexity index is 1110. The second-order valence-electron chi connectivity index (χ2n) is 5.24. The molecule has 2 aromatic carbocycles. The Balaban J connectivity index is 2.03. The first-order chi connectivity index (χ1) is 11.6. The summed E-state index contributed by atoms with van der Waals surface area (Å²) in [6.07, 6.45) is 1.73. The lowest BCUT2D eigenvalue weighted by Crippen LogP contribution is -1.99. The van der Waals surface area contributed by atoms with Crippen molar-refractivity contribution >= 4 is 23.1 Å². The highest BCUT2D eigenvalue weighted by atomic mass is 32.1. The van der Waals surface area contributed by atoms with Crippen LogP contribution in [0.2, 0.25) is 0 Å². The van der Waals surface area contributed by atoms with E-state index in [0.717, 1.165) is 16.6 Å². The molecule has 0 spiro atoms. The van der Waals surface area contributed by atoms with Crippen molar-refractivity contribution in [3.63, 3.8) is 0 Å². The van der Waals surface area contributed by atoms with Gasteiger partial charge in [-0.2, -0.15) is 5.10 Å². The van der Waals surface area contributed by atoms with Gasteiger partial charge in [-0.1, -0.05) is 6.07 Å². The summed E-state index contributed by atoms with van der Waals surface area (Å²) in [6, 6.07) is 13.9. The lowest BCUT2D eigenvalue weighted by Gasteiger charge is -2.11. The van der Waals surface area contributed by atoms with Crippen LogP contribution in [0, 0.1) is 4.77 Å². The summed E-state index contributed by atoms with van der Waals surface area (Å²) in [7, 11) is 0. The van der Waals surface area contributed by atoms with Crippen molar-refractivity contribution in [1.29, 1.82) is 0 Å². The highest BCUT2D eigenvalue weighted by Gasteiger charge is 2.16. The number of rotatable bonds is 2. The smallest absolute Gasteiger partial charge is 0.200 e. The number of aromatic nitrogens is 4. The van der Waals surface area contributed by atoms with Gasteiger partial charge in [0.15, 0.2) is 10.6 Å². The van der Waals surface area contributed by atoms with E-state index < -0.39 is 0 Å². The largest absolute Gasteiger partial charge is 0.508 e. The van der Waals surface area contributed by atoms with E-state index in [1.165, 1.54) is 12.1 Å². The van der Waals surface area contributed by atoms with E-state index in [-0.39, 0.29) is 11.5 Å². The van der Waals surface area contributed by atoms with E-state index in [0.29, 0.717) is 16.2 Å². The Morgan fingerprint density at radius 2 is 1.92 bits per heavy atom. The van der Waals surface area contributed by atoms with E-state index in [1.807, 2.05) is 30.3 Å². The van der Waals surface area contributed by atoms with Gasteiger partial charge in [0, 0.05) is 17.6 Å². The van der Waals surface area contributed by atoms with Crippen molar-refractivity contribution in [2.24, 2.45) is 0 Å². The maximum atomic E-state index is 10.2. The summed E-state index contributed by atoms with van der Waals surface area (Å²) in [6.45, 7) is 0. The van der Waals surface area contributed by atoms with Gasteiger partial charge in [-0.15, -0.1) is 0 Å². The van der Waals surface area contributed by atoms with Crippen molar-refractivity contribution in [3.8, 4) is 28.6 Å². The Kier molecular flexibility index (Phi) is 3.28. The van der Waals surface area contributed by atoms with Crippen LogP contribution in [0.15, 0.2) is 54.7 Å². The SMILES string of the molecule is Oc1ccc(-c2n[nH]c(=S)n2-c2cccc3ncccc23)c(O)c1. The summed E-state index contributed by atoms with van der Waals surface area (Å²) < 4.78 is 2.14. The molecule has 118 valence electrons. The fourth-order valence-corrected chi connectivity index (χ4v) is 2.92. The number of hydrogen-bond acceptors (Lipinski definition) is 5. The lowest BCUT2D eigenvalue weighted by molar-refractivity contribution is 0.451. The van der Waals surface area contributed by atoms with Crippen LogP contribution in [0.1, 0.15) is 0 Å². The third kappa shape index (κ3) is 2.22. The highest BCUT2D eigenvalue weighted by Crippen LogP contribution is 2.33. The van der Waals surface area contributed by atoms with Crippen LogP contribution in [-0.2, 0) is 0 Å². The van der Waals surface area contributed by atoms with Crippen molar-refractivity contribution in [2.75, 3.05) is 0 Å². The van der Waals surface area contributed by atoms with E-state index in [4.69, 9.17) is 12.2 Å². The minimum absolute atomic E-state index is 0.0220. The van der Waals surface area contributed by atoms with E-state index >= 15 is 0 Å². The zero-order valence-corrected chi connectivity index (χ0v) is 13.2. The predicted octanol–water partition coefficient (Wildman–Crippen LogP) is 3.56. The molecule has 0 atom stereocenters. The molecular weight excluding hydrogens is 324 g/mol. The topological polar surface area (TPSA) is 87.0 Å². The minimum atomic E-state index is -0.0800. The van der Waals surface area contributed by atoms with E-state index in [9.17, 15) is 10.2 Å². The normalized spacial score (nSPS) is 11.0. The molecule has 0 fully saturated rings. The Morgan fingerprint density at radius 1 is 1.04 bits per heavy atom. The van der Waals surface area contributed by atoms with Crippen LogP contribution >= 0.6 is 12.2 Å². The van der Waals surface area contributed by atoms with E-state index in [1.54, 1.807) is 16.8 Å². The molecule has 0 radical (unpaired) electrons. The molecule has 0 saturated carbocycles. The van der Waals surface area contributed by atoms with Gasteiger partial charge in [0.1, 0.15) is 11.5 Å². The molecule has 4 aromatic rings. The van der Waals surface area contributed by atoms with Crippen LogP contribution < -0.4 is 0 Å². The third-order valence-electron chi connectivity index (χ3n) is 3.76. The first kappa shape index (κ1) is 14.4. The number of aromatic hydroxyl groups is 2. The van der Waals surface area contributed by atoms with Crippen LogP contribution in [0.3, 0.4) is 0 Å². The van der Waals surface area contributed by atoms with Crippen LogP contribution in [0.25, 0.3) is 28.0 Å². The van der Waals surface area contributed by atoms with Gasteiger partial charge in [-0.25, -0.2) is 0 Å². The summed E-state index contributed by atoms with van der Waals surface area (Å²) in [5, 5.41) is 27.6. The summed E-state index contributed by atoms with van der Waals surface area (Å²) in [5.74, 6) is 0.351. The molecule has 0 saturated heterocycles. The maximum absolute atomic E-state index is 10.2. The quantitative estimate of drug-likeness (QED) is 0.487. The summed E-state index contributed by atoms with van der Waals surface area (Å²) in [4.78, 5) is 4.35. The van der Waals surface area contributed by atoms with Gasteiger partial charge < -0.3 is 10.2 Å². The van der Waals surface area contributed by atoms with Crippen LogP contribution in [0.4, 0.5) is 0 Å². The number of fused-ring (bicyclic) bond motifs is 1. The van der Waals surface area contributed by atoms with Gasteiger partial charge in [0.25, 0.3) is 0 Å². The Hall–Kier alpha value is -3.19. The van der Waals surface area contributed by atoms with Crippen LogP contribution in [0.5, 0.6) is 11.5 Å². The standard InChI is InChI=1S/C17H12N4O2S/c22-10-6-7-12(15(23)9-10)16-19-20-17(24)21(16)14-5-1-4-13-11(14)3-2-8-18-13/h1-9,22-23H,(H,20,24). The highest BCUT2D eigenvalue weighted by molar-refractivity contribution is 7.71. The van der Waals surface area contributed by atoms with Gasteiger partial charge in [-0.05, 0) is 48.6 Å². The molecule has 7 heteroatoms. The molecule has 0 amide bonds. The number of H-pyrrole nitrogens is 1. The second kappa shape index (κ2) is 5.47. The molecule has 0 unspecified atom stereocenters. The number of pyridine rings is 1. The van der Waals surface area contributed by atoms with Gasteiger partial charge in [0.2, 0.25) is 0 Å². The molecule has 0 aliphatic carbocycles. The predicted molar refractivity (Wildman–Crippen MR) is 92.8 cm³/mol. The fraction of sp³-hybridized carbons (Fsp3) is 0. The molecular formula is C17H12N4O2S. The number of nitrogens with zero attached hydrogens (tertiary/aromatic N) is 3. The fourth-order valence-electron chi connectivity index (χ4n) is 2.69. The van der Waals surface area contributed by atoms with Crippen molar-refractivity contribution in [1.82, 2.24) is 19.7 Å². The van der Waals surface area contributed by atoms with Gasteiger partial charge >= 0.3 is 0 Å². The molecule has 0 aliphatic heterocycles. The Labute approximate surface area is 141 Å². The number of phenols is 2. The van der Waals surface area contributed by atoms with Gasteiger partial charge in [0.05, 0.1) is 16.8 Å². The zero-order valence-electron chi connectivity index (χ0n) is 12.3. The molecule has 2 heterocycles. The average molecular weight is 336 g/mol. The van der Waals surface area contributed by atoms with Crippen molar-refractivity contribution in [2.45, 2.75) is 0 Å². The van der Waals surface area contributed by atoms with E-state index in [2.05, 4.69) is 15.2 Å². The average Bonchev–Trinajstić information content (AvgIpc) is 2.95. The van der Waals surface area contributed by atoms with Crippen molar-refractivity contribution in [3.05, 3.63) is 59.5 Å². The number of hydrogen-bond donors (Lipinski definition) is 3. The molecule has 24 heavy (non-hydrogen) atoms. The maximum Gasteiger partial charge on any atom is 0.200 e. The first-order valence-corrected chi connectivity index (χ1v) is 7.60.